The van der Waals surface area contributed by atoms with Crippen molar-refractivity contribution in [3.05, 3.63) is 0 Å². The fraction of sp³-hybridized carbons (Fsp3) is 1.00. The van der Waals surface area contributed by atoms with Crippen LogP contribution in [-0.2, 0) is 0 Å². The van der Waals surface area contributed by atoms with E-state index in [0.717, 1.165) is 11.9 Å². The average molecular weight is 194 g/mol. The Kier molecular flexibility index (Phi) is 4.50. The molecule has 0 saturated heterocycles. The Bertz CT molecular complexity index is 71.3. The largest absolute Gasteiger partial charge is 0.330 e. The Balaban J connectivity index is 3.33. The molecule has 9 heavy (non-hydrogen) atoms. The van der Waals surface area contributed by atoms with Gasteiger partial charge < -0.3 is 5.73 Å². The average Bonchev–Trinajstić information content (AvgIpc) is 1.84. The highest BCUT2D eigenvalue weighted by Gasteiger charge is 2.13. The van der Waals surface area contributed by atoms with E-state index < -0.39 is 0 Å². The van der Waals surface area contributed by atoms with Crippen LogP contribution in [0.4, 0.5) is 0 Å². The van der Waals surface area contributed by atoms with Crippen molar-refractivity contribution in [2.75, 3.05) is 11.9 Å². The lowest BCUT2D eigenvalue weighted by Gasteiger charge is -2.21. The van der Waals surface area contributed by atoms with Crippen LogP contribution in [0.2, 0.25) is 0 Å². The van der Waals surface area contributed by atoms with E-state index in [4.69, 9.17) is 5.73 Å². The van der Waals surface area contributed by atoms with Crippen LogP contribution >= 0.6 is 15.9 Å². The summed E-state index contributed by atoms with van der Waals surface area (Å²) in [7, 11) is 0. The van der Waals surface area contributed by atoms with Crippen LogP contribution in [-0.4, -0.2) is 11.9 Å². The van der Waals surface area contributed by atoms with Gasteiger partial charge in [-0.1, -0.05) is 29.8 Å². The molecule has 0 unspecified atom stereocenters. The van der Waals surface area contributed by atoms with Gasteiger partial charge in [-0.3, -0.25) is 0 Å². The fourth-order valence-corrected chi connectivity index (χ4v) is 0.928. The molecule has 0 aliphatic heterocycles. The molecule has 0 amide bonds. The maximum absolute atomic E-state index is 5.53. The SMILES string of the molecule is CC(C)(CN)CCCBr. The van der Waals surface area contributed by atoms with Crippen LogP contribution in [0.15, 0.2) is 0 Å². The Labute approximate surface area is 66.1 Å². The second-order valence-electron chi connectivity index (χ2n) is 3.16. The predicted octanol–water partition coefficient (Wildman–Crippen LogP) is 2.15. The van der Waals surface area contributed by atoms with E-state index in [1.807, 2.05) is 0 Å². The number of halogens is 1. The third-order valence-electron chi connectivity index (χ3n) is 1.54. The molecule has 0 aliphatic rings. The van der Waals surface area contributed by atoms with Crippen LogP contribution in [0, 0.1) is 5.41 Å². The second-order valence-corrected chi connectivity index (χ2v) is 3.95. The summed E-state index contributed by atoms with van der Waals surface area (Å²) < 4.78 is 0. The van der Waals surface area contributed by atoms with Gasteiger partial charge in [0.25, 0.3) is 0 Å². The van der Waals surface area contributed by atoms with E-state index in [-0.39, 0.29) is 0 Å². The molecule has 0 radical (unpaired) electrons. The number of nitrogens with two attached hydrogens (primary N) is 1. The summed E-state index contributed by atoms with van der Waals surface area (Å²) in [6, 6.07) is 0. The van der Waals surface area contributed by atoms with E-state index >= 15 is 0 Å². The van der Waals surface area contributed by atoms with Crippen LogP contribution < -0.4 is 5.73 Å². The van der Waals surface area contributed by atoms with Crippen molar-refractivity contribution in [1.29, 1.82) is 0 Å². The molecule has 2 heteroatoms. The lowest BCUT2D eigenvalue weighted by Crippen LogP contribution is -2.23. The molecule has 0 aromatic carbocycles. The normalized spacial score (nSPS) is 12.0. The van der Waals surface area contributed by atoms with E-state index in [2.05, 4.69) is 29.8 Å². The van der Waals surface area contributed by atoms with E-state index in [1.54, 1.807) is 0 Å². The van der Waals surface area contributed by atoms with E-state index in [9.17, 15) is 0 Å². The topological polar surface area (TPSA) is 26.0 Å². The highest BCUT2D eigenvalue weighted by molar-refractivity contribution is 9.09. The number of alkyl halides is 1. The van der Waals surface area contributed by atoms with Gasteiger partial charge in [-0.15, -0.1) is 0 Å². The van der Waals surface area contributed by atoms with Gasteiger partial charge in [-0.05, 0) is 24.8 Å². The van der Waals surface area contributed by atoms with Crippen LogP contribution in [0.5, 0.6) is 0 Å². The molecule has 56 valence electrons. The summed E-state index contributed by atoms with van der Waals surface area (Å²) in [5.74, 6) is 0. The first-order chi connectivity index (χ1) is 4.12. The standard InChI is InChI=1S/C7H16BrN/c1-7(2,6-9)4-3-5-8/h3-6,9H2,1-2H3. The summed E-state index contributed by atoms with van der Waals surface area (Å²) in [6.45, 7) is 5.20. The minimum atomic E-state index is 0.341. The zero-order chi connectivity index (χ0) is 7.33. The van der Waals surface area contributed by atoms with Gasteiger partial charge in [0, 0.05) is 5.33 Å². The van der Waals surface area contributed by atoms with Crippen molar-refractivity contribution in [3.63, 3.8) is 0 Å². The first-order valence-electron chi connectivity index (χ1n) is 3.38. The van der Waals surface area contributed by atoms with E-state index in [1.165, 1.54) is 12.8 Å². The molecule has 0 heterocycles. The minimum Gasteiger partial charge on any atom is -0.330 e. The third kappa shape index (κ3) is 4.91. The lowest BCUT2D eigenvalue weighted by molar-refractivity contribution is 0.345. The van der Waals surface area contributed by atoms with Crippen molar-refractivity contribution in [2.45, 2.75) is 26.7 Å². The first-order valence-corrected chi connectivity index (χ1v) is 4.50. The van der Waals surface area contributed by atoms with Crippen molar-refractivity contribution >= 4 is 15.9 Å². The maximum atomic E-state index is 5.53. The van der Waals surface area contributed by atoms with E-state index in [0.29, 0.717) is 5.41 Å². The molecule has 0 aromatic rings. The van der Waals surface area contributed by atoms with Crippen molar-refractivity contribution in [1.82, 2.24) is 0 Å². The molecule has 0 bridgehead atoms. The number of hydrogen-bond acceptors (Lipinski definition) is 1. The van der Waals surface area contributed by atoms with Gasteiger partial charge in [-0.2, -0.15) is 0 Å². The van der Waals surface area contributed by atoms with Gasteiger partial charge in [0.05, 0.1) is 0 Å². The molecular weight excluding hydrogens is 178 g/mol. The van der Waals surface area contributed by atoms with Gasteiger partial charge >= 0.3 is 0 Å². The summed E-state index contributed by atoms with van der Waals surface area (Å²) >= 11 is 3.39. The zero-order valence-corrected chi connectivity index (χ0v) is 7.87. The van der Waals surface area contributed by atoms with Crippen LogP contribution in [0.25, 0.3) is 0 Å². The number of rotatable bonds is 4. The monoisotopic (exact) mass is 193 g/mol. The molecular formula is C7H16BrN. The van der Waals surface area contributed by atoms with Gasteiger partial charge in [-0.25, -0.2) is 0 Å². The molecule has 0 fully saturated rings. The van der Waals surface area contributed by atoms with Gasteiger partial charge in [0.15, 0.2) is 0 Å². The van der Waals surface area contributed by atoms with Gasteiger partial charge in [0.2, 0.25) is 0 Å². The highest BCUT2D eigenvalue weighted by atomic mass is 79.9. The summed E-state index contributed by atoms with van der Waals surface area (Å²) in [5, 5.41) is 1.09. The second kappa shape index (κ2) is 4.29. The molecule has 0 saturated carbocycles. The fourth-order valence-electron chi connectivity index (χ4n) is 0.647. The van der Waals surface area contributed by atoms with Crippen LogP contribution in [0.3, 0.4) is 0 Å². The Hall–Kier alpha value is 0.440. The molecule has 1 nitrogen and oxygen atoms in total. The molecule has 0 spiro atoms. The molecule has 2 N–H and O–H groups in total. The lowest BCUT2D eigenvalue weighted by atomic mass is 9.89. The smallest absolute Gasteiger partial charge is 0.00315 e. The van der Waals surface area contributed by atoms with Crippen molar-refractivity contribution in [3.8, 4) is 0 Å². The quantitative estimate of drug-likeness (QED) is 0.681. The summed E-state index contributed by atoms with van der Waals surface area (Å²) in [5.41, 5.74) is 5.87. The Morgan fingerprint density at radius 3 is 2.33 bits per heavy atom. The molecule has 0 rings (SSSR count). The summed E-state index contributed by atoms with van der Waals surface area (Å²) in [4.78, 5) is 0. The van der Waals surface area contributed by atoms with Gasteiger partial charge in [0.1, 0.15) is 0 Å². The zero-order valence-electron chi connectivity index (χ0n) is 6.28. The number of hydrogen-bond donors (Lipinski definition) is 1. The Morgan fingerprint density at radius 2 is 2.00 bits per heavy atom. The van der Waals surface area contributed by atoms with Crippen LogP contribution in [0.1, 0.15) is 26.7 Å². The predicted molar refractivity (Wildman–Crippen MR) is 45.9 cm³/mol. The third-order valence-corrected chi connectivity index (χ3v) is 2.10. The highest BCUT2D eigenvalue weighted by Crippen LogP contribution is 2.20. The molecule has 0 aliphatic carbocycles. The Morgan fingerprint density at radius 1 is 1.44 bits per heavy atom. The summed E-state index contributed by atoms with van der Waals surface area (Å²) in [6.07, 6.45) is 2.44. The van der Waals surface area contributed by atoms with Crippen molar-refractivity contribution in [2.24, 2.45) is 11.1 Å². The van der Waals surface area contributed by atoms with Crippen molar-refractivity contribution < 1.29 is 0 Å². The molecule has 0 aromatic heterocycles. The maximum Gasteiger partial charge on any atom is 0.00315 e. The minimum absolute atomic E-state index is 0.341. The molecule has 0 atom stereocenters. The first kappa shape index (κ1) is 9.44.